The first-order chi connectivity index (χ1) is 13.6. The van der Waals surface area contributed by atoms with Crippen molar-refractivity contribution in [3.05, 3.63) is 77.9 Å². The SMILES string of the molecule is C=CC=C(C(=O)Nc1ccc(-n2nc(C3CC3)cc2C2CC2)cc1)C(F)=CC. The van der Waals surface area contributed by atoms with Crippen molar-refractivity contribution in [2.75, 3.05) is 5.32 Å². The molecule has 28 heavy (non-hydrogen) atoms. The van der Waals surface area contributed by atoms with Gasteiger partial charge in [0.25, 0.3) is 5.91 Å². The number of anilines is 1. The number of carbonyl (C=O) groups excluding carboxylic acids is 1. The molecule has 2 fully saturated rings. The van der Waals surface area contributed by atoms with Crippen molar-refractivity contribution >= 4 is 11.6 Å². The fourth-order valence-electron chi connectivity index (χ4n) is 3.29. The first-order valence-corrected chi connectivity index (χ1v) is 9.77. The maximum absolute atomic E-state index is 13.9. The highest BCUT2D eigenvalue weighted by Gasteiger charge is 2.32. The summed E-state index contributed by atoms with van der Waals surface area (Å²) in [4.78, 5) is 12.4. The third kappa shape index (κ3) is 3.84. The smallest absolute Gasteiger partial charge is 0.258 e. The van der Waals surface area contributed by atoms with Gasteiger partial charge in [-0.25, -0.2) is 9.07 Å². The molecule has 2 aromatic rings. The highest BCUT2D eigenvalue weighted by atomic mass is 19.1. The van der Waals surface area contributed by atoms with E-state index in [4.69, 9.17) is 5.10 Å². The molecule has 1 heterocycles. The lowest BCUT2D eigenvalue weighted by atomic mass is 10.1. The lowest BCUT2D eigenvalue weighted by Crippen LogP contribution is -2.15. The van der Waals surface area contributed by atoms with Gasteiger partial charge in [0.05, 0.1) is 17.0 Å². The fraction of sp³-hybridized carbons (Fsp3) is 0.304. The first-order valence-electron chi connectivity index (χ1n) is 9.77. The van der Waals surface area contributed by atoms with Crippen LogP contribution >= 0.6 is 0 Å². The van der Waals surface area contributed by atoms with E-state index in [1.165, 1.54) is 55.3 Å². The Bertz CT molecular complexity index is 960. The number of allylic oxidation sites excluding steroid dienone is 3. The number of aromatic nitrogens is 2. The van der Waals surface area contributed by atoms with Gasteiger partial charge in [-0.2, -0.15) is 5.10 Å². The minimum Gasteiger partial charge on any atom is -0.322 e. The second-order valence-corrected chi connectivity index (χ2v) is 7.41. The predicted molar refractivity (Wildman–Crippen MR) is 109 cm³/mol. The Balaban J connectivity index is 1.54. The van der Waals surface area contributed by atoms with Crippen molar-refractivity contribution in [2.24, 2.45) is 0 Å². The zero-order chi connectivity index (χ0) is 19.7. The zero-order valence-corrected chi connectivity index (χ0v) is 16.0. The topological polar surface area (TPSA) is 46.9 Å². The molecule has 5 heteroatoms. The molecule has 4 nitrogen and oxygen atoms in total. The number of halogens is 1. The van der Waals surface area contributed by atoms with Crippen LogP contribution in [0.3, 0.4) is 0 Å². The molecule has 0 bridgehead atoms. The Morgan fingerprint density at radius 3 is 2.46 bits per heavy atom. The van der Waals surface area contributed by atoms with Crippen LogP contribution < -0.4 is 5.32 Å². The van der Waals surface area contributed by atoms with E-state index in [-0.39, 0.29) is 5.57 Å². The molecule has 1 N–H and O–H groups in total. The Hall–Kier alpha value is -2.95. The summed E-state index contributed by atoms with van der Waals surface area (Å²) >= 11 is 0. The van der Waals surface area contributed by atoms with E-state index in [1.54, 1.807) is 6.92 Å². The molecule has 1 aromatic carbocycles. The summed E-state index contributed by atoms with van der Waals surface area (Å²) in [6.07, 6.45) is 8.93. The van der Waals surface area contributed by atoms with Crippen molar-refractivity contribution in [3.8, 4) is 5.69 Å². The quantitative estimate of drug-likeness (QED) is 0.508. The molecule has 1 amide bonds. The van der Waals surface area contributed by atoms with Crippen LogP contribution in [0.4, 0.5) is 10.1 Å². The molecule has 0 aliphatic heterocycles. The minimum atomic E-state index is -0.577. The minimum absolute atomic E-state index is 0.0428. The largest absolute Gasteiger partial charge is 0.322 e. The van der Waals surface area contributed by atoms with Crippen molar-refractivity contribution < 1.29 is 9.18 Å². The van der Waals surface area contributed by atoms with Crippen molar-refractivity contribution in [1.29, 1.82) is 0 Å². The van der Waals surface area contributed by atoms with Crippen molar-refractivity contribution in [2.45, 2.75) is 44.4 Å². The van der Waals surface area contributed by atoms with E-state index in [2.05, 4.69) is 18.0 Å². The summed E-state index contributed by atoms with van der Waals surface area (Å²) in [5.41, 5.74) is 4.02. The molecule has 4 rings (SSSR count). The van der Waals surface area contributed by atoms with Crippen LogP contribution in [0.2, 0.25) is 0 Å². The number of hydrogen-bond acceptors (Lipinski definition) is 2. The molecule has 0 radical (unpaired) electrons. The lowest BCUT2D eigenvalue weighted by molar-refractivity contribution is -0.112. The van der Waals surface area contributed by atoms with Crippen LogP contribution in [-0.4, -0.2) is 15.7 Å². The molecular weight excluding hydrogens is 353 g/mol. The molecular formula is C23H24FN3O. The molecule has 0 unspecified atom stereocenters. The van der Waals surface area contributed by atoms with Crippen LogP contribution in [0, 0.1) is 0 Å². The predicted octanol–water partition coefficient (Wildman–Crippen LogP) is 5.55. The molecule has 144 valence electrons. The summed E-state index contributed by atoms with van der Waals surface area (Å²) in [6, 6.07) is 9.78. The number of hydrogen-bond donors (Lipinski definition) is 1. The number of amides is 1. The second kappa shape index (κ2) is 7.58. The van der Waals surface area contributed by atoms with Gasteiger partial charge in [0, 0.05) is 23.2 Å². The van der Waals surface area contributed by atoms with Gasteiger partial charge >= 0.3 is 0 Å². The van der Waals surface area contributed by atoms with Gasteiger partial charge in [0.2, 0.25) is 0 Å². The van der Waals surface area contributed by atoms with Crippen molar-refractivity contribution in [1.82, 2.24) is 9.78 Å². The number of carbonyl (C=O) groups is 1. The van der Waals surface area contributed by atoms with E-state index in [0.717, 1.165) is 5.69 Å². The maximum atomic E-state index is 13.9. The maximum Gasteiger partial charge on any atom is 0.258 e. The third-order valence-electron chi connectivity index (χ3n) is 5.16. The highest BCUT2D eigenvalue weighted by Crippen LogP contribution is 2.45. The van der Waals surface area contributed by atoms with Gasteiger partial charge in [-0.3, -0.25) is 4.79 Å². The Kier molecular flexibility index (Phi) is 4.99. The van der Waals surface area contributed by atoms with Gasteiger partial charge in [-0.05, 0) is 69.0 Å². The summed E-state index contributed by atoms with van der Waals surface area (Å²) in [5, 5.41) is 7.57. The molecule has 0 atom stereocenters. The normalized spacial score (nSPS) is 17.5. The monoisotopic (exact) mass is 377 g/mol. The van der Waals surface area contributed by atoms with E-state index in [0.29, 0.717) is 17.5 Å². The second-order valence-electron chi connectivity index (χ2n) is 7.41. The Morgan fingerprint density at radius 2 is 1.89 bits per heavy atom. The van der Waals surface area contributed by atoms with Crippen LogP contribution in [0.5, 0.6) is 0 Å². The molecule has 0 saturated heterocycles. The Labute approximate surface area is 164 Å². The average molecular weight is 377 g/mol. The van der Waals surface area contributed by atoms with E-state index in [1.807, 2.05) is 28.9 Å². The van der Waals surface area contributed by atoms with E-state index < -0.39 is 11.7 Å². The van der Waals surface area contributed by atoms with Gasteiger partial charge in [0.1, 0.15) is 5.83 Å². The summed E-state index contributed by atoms with van der Waals surface area (Å²) in [6.45, 7) is 5.09. The molecule has 2 aliphatic rings. The summed E-state index contributed by atoms with van der Waals surface area (Å²) in [7, 11) is 0. The highest BCUT2D eigenvalue weighted by molar-refractivity contribution is 6.06. The van der Waals surface area contributed by atoms with Crippen LogP contribution in [0.1, 0.15) is 55.8 Å². The standard InChI is InChI=1S/C23H24FN3O/c1-3-5-19(20(24)4-2)23(28)25-17-10-12-18(13-11-17)27-22(16-8-9-16)14-21(26-27)15-6-7-15/h3-5,10-16H,1,6-9H2,2H3,(H,25,28). The van der Waals surface area contributed by atoms with Crippen molar-refractivity contribution in [3.63, 3.8) is 0 Å². The number of benzene rings is 1. The van der Waals surface area contributed by atoms with E-state index >= 15 is 0 Å². The van der Waals surface area contributed by atoms with E-state index in [9.17, 15) is 9.18 Å². The van der Waals surface area contributed by atoms with Crippen LogP contribution in [0.25, 0.3) is 5.69 Å². The number of nitrogens with zero attached hydrogens (tertiary/aromatic N) is 2. The zero-order valence-electron chi connectivity index (χ0n) is 16.0. The third-order valence-corrected chi connectivity index (χ3v) is 5.16. The molecule has 0 spiro atoms. The number of nitrogens with one attached hydrogen (secondary N) is 1. The number of rotatable bonds is 7. The fourth-order valence-corrected chi connectivity index (χ4v) is 3.29. The first kappa shape index (κ1) is 18.4. The molecule has 2 aliphatic carbocycles. The lowest BCUT2D eigenvalue weighted by Gasteiger charge is -2.10. The van der Waals surface area contributed by atoms with Crippen LogP contribution in [-0.2, 0) is 4.79 Å². The van der Waals surface area contributed by atoms with Crippen LogP contribution in [0.15, 0.2) is 66.5 Å². The van der Waals surface area contributed by atoms with Gasteiger partial charge in [0.15, 0.2) is 0 Å². The summed E-state index contributed by atoms with van der Waals surface area (Å²) < 4.78 is 15.9. The average Bonchev–Trinajstić information content (AvgIpc) is 3.64. The molecule has 2 saturated carbocycles. The van der Waals surface area contributed by atoms with Gasteiger partial charge in [-0.1, -0.05) is 18.7 Å². The summed E-state index contributed by atoms with van der Waals surface area (Å²) in [5.74, 6) is 0.146. The molecule has 1 aromatic heterocycles. The van der Waals surface area contributed by atoms with Gasteiger partial charge < -0.3 is 5.32 Å². The Morgan fingerprint density at radius 1 is 1.21 bits per heavy atom. The van der Waals surface area contributed by atoms with Gasteiger partial charge in [-0.15, -0.1) is 0 Å².